The van der Waals surface area contributed by atoms with Crippen LogP contribution in [0.4, 0.5) is 0 Å². The van der Waals surface area contributed by atoms with Gasteiger partial charge in [-0.2, -0.15) is 12.7 Å². The number of carbonyl (C=O) groups excluding carboxylic acids is 1. The van der Waals surface area contributed by atoms with E-state index in [0.29, 0.717) is 12.5 Å². The van der Waals surface area contributed by atoms with E-state index >= 15 is 0 Å². The van der Waals surface area contributed by atoms with Gasteiger partial charge in [0.25, 0.3) is 10.2 Å². The van der Waals surface area contributed by atoms with Crippen LogP contribution in [-0.4, -0.2) is 56.4 Å². The maximum absolute atomic E-state index is 11.7. The molecule has 0 aromatic heterocycles. The van der Waals surface area contributed by atoms with Crippen molar-refractivity contribution < 1.29 is 23.1 Å². The quantitative estimate of drug-likeness (QED) is 0.498. The van der Waals surface area contributed by atoms with Crippen LogP contribution in [-0.2, 0) is 19.8 Å². The number of rotatable bonds is 10. The second-order valence-corrected chi connectivity index (χ2v) is 6.67. The van der Waals surface area contributed by atoms with Crippen LogP contribution in [0.5, 0.6) is 0 Å². The van der Waals surface area contributed by atoms with Crippen LogP contribution < -0.4 is 10.0 Å². The van der Waals surface area contributed by atoms with Crippen molar-refractivity contribution >= 4 is 22.1 Å². The molecule has 118 valence electrons. The Kier molecular flexibility index (Phi) is 8.35. The molecule has 0 bridgehead atoms. The third kappa shape index (κ3) is 8.83. The highest BCUT2D eigenvalue weighted by molar-refractivity contribution is 7.87. The molecule has 0 aromatic carbocycles. The molecule has 9 heteroatoms. The molecule has 1 amide bonds. The summed E-state index contributed by atoms with van der Waals surface area (Å²) >= 11 is 0. The van der Waals surface area contributed by atoms with Gasteiger partial charge in [-0.05, 0) is 5.92 Å². The van der Waals surface area contributed by atoms with E-state index in [4.69, 9.17) is 5.11 Å². The number of carboxylic acid groups (broad SMARTS) is 1. The molecular formula is C11H23N3O5S. The molecular weight excluding hydrogens is 286 g/mol. The summed E-state index contributed by atoms with van der Waals surface area (Å²) in [5.41, 5.74) is 0. The van der Waals surface area contributed by atoms with Crippen molar-refractivity contribution in [2.45, 2.75) is 26.7 Å². The minimum absolute atomic E-state index is 0.0241. The zero-order valence-electron chi connectivity index (χ0n) is 12.0. The van der Waals surface area contributed by atoms with Gasteiger partial charge in [-0.15, -0.1) is 0 Å². The van der Waals surface area contributed by atoms with Crippen molar-refractivity contribution in [3.8, 4) is 0 Å². The highest BCUT2D eigenvalue weighted by atomic mass is 32.2. The normalized spacial score (nSPS) is 11.8. The maximum atomic E-state index is 11.7. The highest BCUT2D eigenvalue weighted by Crippen LogP contribution is 1.96. The molecule has 0 rings (SSSR count). The molecule has 3 N–H and O–H groups in total. The first-order chi connectivity index (χ1) is 9.15. The third-order valence-corrected chi connectivity index (χ3v) is 3.97. The third-order valence-electron chi connectivity index (χ3n) is 2.39. The van der Waals surface area contributed by atoms with E-state index in [0.717, 1.165) is 4.31 Å². The molecule has 0 saturated carbocycles. The number of nitrogens with one attached hydrogen (secondary N) is 2. The summed E-state index contributed by atoms with van der Waals surface area (Å²) in [7, 11) is -2.46. The summed E-state index contributed by atoms with van der Waals surface area (Å²) < 4.78 is 26.5. The van der Waals surface area contributed by atoms with E-state index in [1.165, 1.54) is 7.05 Å². The summed E-state index contributed by atoms with van der Waals surface area (Å²) in [6, 6.07) is 0. The van der Waals surface area contributed by atoms with Gasteiger partial charge in [-0.25, -0.2) is 4.72 Å². The number of carbonyl (C=O) groups is 2. The fourth-order valence-corrected chi connectivity index (χ4v) is 2.10. The van der Waals surface area contributed by atoms with Crippen LogP contribution in [0.3, 0.4) is 0 Å². The minimum atomic E-state index is -3.74. The molecule has 0 aliphatic carbocycles. The highest BCUT2D eigenvalue weighted by Gasteiger charge is 2.18. The van der Waals surface area contributed by atoms with Crippen LogP contribution >= 0.6 is 0 Å². The SMILES string of the molecule is CC(C)CNC(=O)CCNS(=O)(=O)N(C)CCC(=O)O. The van der Waals surface area contributed by atoms with Gasteiger partial charge < -0.3 is 10.4 Å². The Bertz CT molecular complexity index is 422. The van der Waals surface area contributed by atoms with Crippen LogP contribution in [0.25, 0.3) is 0 Å². The first kappa shape index (κ1) is 18.8. The summed E-state index contributed by atoms with van der Waals surface area (Å²) in [5, 5.41) is 11.2. The lowest BCUT2D eigenvalue weighted by Crippen LogP contribution is -2.41. The molecule has 0 heterocycles. The molecule has 8 nitrogen and oxygen atoms in total. The maximum Gasteiger partial charge on any atom is 0.304 e. The van der Waals surface area contributed by atoms with Crippen molar-refractivity contribution in [1.29, 1.82) is 0 Å². The molecule has 0 saturated heterocycles. The average molecular weight is 309 g/mol. The van der Waals surface area contributed by atoms with E-state index in [1.54, 1.807) is 0 Å². The summed E-state index contributed by atoms with van der Waals surface area (Å²) in [4.78, 5) is 21.7. The van der Waals surface area contributed by atoms with E-state index in [2.05, 4.69) is 10.0 Å². The molecule has 20 heavy (non-hydrogen) atoms. The second-order valence-electron chi connectivity index (χ2n) is 4.81. The van der Waals surface area contributed by atoms with Gasteiger partial charge in [-0.3, -0.25) is 9.59 Å². The lowest BCUT2D eigenvalue weighted by atomic mass is 10.2. The Morgan fingerprint density at radius 3 is 2.35 bits per heavy atom. The van der Waals surface area contributed by atoms with E-state index in [1.807, 2.05) is 13.8 Å². The van der Waals surface area contributed by atoms with Gasteiger partial charge in [0.2, 0.25) is 5.91 Å². The van der Waals surface area contributed by atoms with Crippen LogP contribution in [0.1, 0.15) is 26.7 Å². The Balaban J connectivity index is 4.03. The van der Waals surface area contributed by atoms with Gasteiger partial charge in [0, 0.05) is 33.1 Å². The van der Waals surface area contributed by atoms with Crippen molar-refractivity contribution in [3.05, 3.63) is 0 Å². The fraction of sp³-hybridized carbons (Fsp3) is 0.818. The first-order valence-electron chi connectivity index (χ1n) is 6.34. The molecule has 0 unspecified atom stereocenters. The van der Waals surface area contributed by atoms with Crippen molar-refractivity contribution in [2.24, 2.45) is 5.92 Å². The molecule has 0 aliphatic rings. The Morgan fingerprint density at radius 1 is 1.25 bits per heavy atom. The number of hydrogen-bond acceptors (Lipinski definition) is 4. The monoisotopic (exact) mass is 309 g/mol. The van der Waals surface area contributed by atoms with Gasteiger partial charge >= 0.3 is 5.97 Å². The number of aliphatic carboxylic acids is 1. The predicted molar refractivity (Wildman–Crippen MR) is 74.3 cm³/mol. The van der Waals surface area contributed by atoms with Crippen LogP contribution in [0, 0.1) is 5.92 Å². The van der Waals surface area contributed by atoms with Crippen molar-refractivity contribution in [1.82, 2.24) is 14.3 Å². The van der Waals surface area contributed by atoms with E-state index < -0.39 is 16.2 Å². The van der Waals surface area contributed by atoms with Gasteiger partial charge in [0.05, 0.1) is 6.42 Å². The Morgan fingerprint density at radius 2 is 1.85 bits per heavy atom. The number of nitrogens with zero attached hydrogens (tertiary/aromatic N) is 1. The van der Waals surface area contributed by atoms with Crippen LogP contribution in [0.2, 0.25) is 0 Å². The number of amides is 1. The van der Waals surface area contributed by atoms with Gasteiger partial charge in [0.1, 0.15) is 0 Å². The Labute approximate surface area is 119 Å². The first-order valence-corrected chi connectivity index (χ1v) is 7.78. The topological polar surface area (TPSA) is 116 Å². The zero-order valence-corrected chi connectivity index (χ0v) is 12.9. The zero-order chi connectivity index (χ0) is 15.8. The lowest BCUT2D eigenvalue weighted by molar-refractivity contribution is -0.137. The van der Waals surface area contributed by atoms with E-state index in [-0.39, 0.29) is 31.8 Å². The standard InChI is InChI=1S/C11H23N3O5S/c1-9(2)8-12-10(15)4-6-13-20(18,19)14(3)7-5-11(16)17/h9,13H,4-8H2,1-3H3,(H,12,15)(H,16,17). The average Bonchev–Trinajstić information content (AvgIpc) is 2.32. The Hall–Kier alpha value is -1.19. The molecule has 0 radical (unpaired) electrons. The summed E-state index contributed by atoms with van der Waals surface area (Å²) in [5.74, 6) is -0.965. The summed E-state index contributed by atoms with van der Waals surface area (Å²) in [6.45, 7) is 4.32. The number of hydrogen-bond donors (Lipinski definition) is 3. The van der Waals surface area contributed by atoms with Gasteiger partial charge in [0.15, 0.2) is 0 Å². The van der Waals surface area contributed by atoms with Crippen LogP contribution in [0.15, 0.2) is 0 Å². The molecule has 0 fully saturated rings. The molecule has 0 aliphatic heterocycles. The second kappa shape index (κ2) is 8.88. The fourth-order valence-electron chi connectivity index (χ4n) is 1.18. The lowest BCUT2D eigenvalue weighted by Gasteiger charge is -2.16. The van der Waals surface area contributed by atoms with E-state index in [9.17, 15) is 18.0 Å². The van der Waals surface area contributed by atoms with Crippen molar-refractivity contribution in [3.63, 3.8) is 0 Å². The molecule has 0 atom stereocenters. The predicted octanol–water partition coefficient (Wildman–Crippen LogP) is -0.610. The van der Waals surface area contributed by atoms with Crippen molar-refractivity contribution in [2.75, 3.05) is 26.7 Å². The number of carboxylic acids is 1. The largest absolute Gasteiger partial charge is 0.481 e. The molecule has 0 spiro atoms. The smallest absolute Gasteiger partial charge is 0.304 e. The minimum Gasteiger partial charge on any atom is -0.481 e. The summed E-state index contributed by atoms with van der Waals surface area (Å²) in [6.07, 6.45) is -0.231. The van der Waals surface area contributed by atoms with Gasteiger partial charge in [-0.1, -0.05) is 13.8 Å². The molecule has 0 aromatic rings.